The standard InChI is InChI=1S/C7H8Br2N2/c1-4(10)6-3-2-5(8)7(9)11-6/h2-4H,10H2,1H3/t4-/m1/s1. The summed E-state index contributed by atoms with van der Waals surface area (Å²) in [5.74, 6) is 0. The molecule has 0 saturated heterocycles. The van der Waals surface area contributed by atoms with Gasteiger partial charge in [0.15, 0.2) is 0 Å². The monoisotopic (exact) mass is 278 g/mol. The molecule has 1 heterocycles. The molecule has 0 aliphatic rings. The average molecular weight is 280 g/mol. The van der Waals surface area contributed by atoms with E-state index < -0.39 is 0 Å². The van der Waals surface area contributed by atoms with E-state index >= 15 is 0 Å². The Morgan fingerprint density at radius 2 is 2.09 bits per heavy atom. The lowest BCUT2D eigenvalue weighted by atomic mass is 10.2. The first-order chi connectivity index (χ1) is 5.11. The van der Waals surface area contributed by atoms with E-state index in [1.807, 2.05) is 19.1 Å². The van der Waals surface area contributed by atoms with Crippen LogP contribution in [-0.2, 0) is 0 Å². The van der Waals surface area contributed by atoms with E-state index in [9.17, 15) is 0 Å². The molecular formula is C7H8Br2N2. The van der Waals surface area contributed by atoms with Crippen molar-refractivity contribution in [3.05, 3.63) is 26.9 Å². The molecule has 2 nitrogen and oxygen atoms in total. The number of halogens is 2. The van der Waals surface area contributed by atoms with Crippen LogP contribution in [0.4, 0.5) is 0 Å². The number of nitrogens with zero attached hydrogens (tertiary/aromatic N) is 1. The van der Waals surface area contributed by atoms with Gasteiger partial charge in [0.05, 0.1) is 10.2 Å². The van der Waals surface area contributed by atoms with Gasteiger partial charge in [0.1, 0.15) is 4.60 Å². The average Bonchev–Trinajstić information content (AvgIpc) is 1.94. The van der Waals surface area contributed by atoms with E-state index in [-0.39, 0.29) is 6.04 Å². The van der Waals surface area contributed by atoms with E-state index in [0.717, 1.165) is 14.8 Å². The number of pyridine rings is 1. The Bertz CT molecular complexity index is 261. The van der Waals surface area contributed by atoms with Crippen LogP contribution in [0.2, 0.25) is 0 Å². The van der Waals surface area contributed by atoms with Crippen LogP contribution >= 0.6 is 31.9 Å². The zero-order valence-electron chi connectivity index (χ0n) is 6.01. The first-order valence-electron chi connectivity index (χ1n) is 3.19. The van der Waals surface area contributed by atoms with Crippen LogP contribution in [0.1, 0.15) is 18.7 Å². The van der Waals surface area contributed by atoms with Crippen LogP contribution in [0.5, 0.6) is 0 Å². The van der Waals surface area contributed by atoms with Gasteiger partial charge in [-0.3, -0.25) is 0 Å². The number of nitrogens with two attached hydrogens (primary N) is 1. The fourth-order valence-electron chi connectivity index (χ4n) is 0.685. The summed E-state index contributed by atoms with van der Waals surface area (Å²) >= 11 is 6.63. The summed E-state index contributed by atoms with van der Waals surface area (Å²) in [4.78, 5) is 4.22. The van der Waals surface area contributed by atoms with Crippen molar-refractivity contribution >= 4 is 31.9 Å². The number of hydrogen-bond acceptors (Lipinski definition) is 2. The fourth-order valence-corrected chi connectivity index (χ4v) is 1.24. The molecule has 0 bridgehead atoms. The molecule has 0 spiro atoms. The molecule has 0 saturated carbocycles. The van der Waals surface area contributed by atoms with Crippen molar-refractivity contribution in [1.82, 2.24) is 4.98 Å². The Morgan fingerprint density at radius 3 is 2.55 bits per heavy atom. The molecule has 0 aliphatic carbocycles. The van der Waals surface area contributed by atoms with Crippen LogP contribution in [0.25, 0.3) is 0 Å². The van der Waals surface area contributed by atoms with Crippen molar-refractivity contribution in [2.45, 2.75) is 13.0 Å². The van der Waals surface area contributed by atoms with E-state index in [2.05, 4.69) is 36.8 Å². The topological polar surface area (TPSA) is 38.9 Å². The highest BCUT2D eigenvalue weighted by molar-refractivity contribution is 9.13. The molecule has 0 radical (unpaired) electrons. The predicted molar refractivity (Wildman–Crippen MR) is 52.2 cm³/mol. The maximum atomic E-state index is 5.63. The van der Waals surface area contributed by atoms with Crippen LogP contribution in [0.15, 0.2) is 21.2 Å². The fraction of sp³-hybridized carbons (Fsp3) is 0.286. The van der Waals surface area contributed by atoms with Crippen molar-refractivity contribution in [1.29, 1.82) is 0 Å². The van der Waals surface area contributed by atoms with Gasteiger partial charge >= 0.3 is 0 Å². The highest BCUT2D eigenvalue weighted by Gasteiger charge is 2.03. The molecule has 2 N–H and O–H groups in total. The van der Waals surface area contributed by atoms with Gasteiger partial charge in [-0.1, -0.05) is 0 Å². The molecule has 4 heteroatoms. The third-order valence-corrected chi connectivity index (χ3v) is 3.07. The molecule has 0 amide bonds. The van der Waals surface area contributed by atoms with Crippen molar-refractivity contribution in [2.75, 3.05) is 0 Å². The van der Waals surface area contributed by atoms with Gasteiger partial charge in [-0.25, -0.2) is 4.98 Å². The maximum absolute atomic E-state index is 5.63. The molecule has 60 valence electrons. The second-order valence-corrected chi connectivity index (χ2v) is 3.90. The molecule has 1 aromatic rings. The van der Waals surface area contributed by atoms with Gasteiger partial charge in [-0.15, -0.1) is 0 Å². The minimum Gasteiger partial charge on any atom is -0.323 e. The van der Waals surface area contributed by atoms with E-state index in [0.29, 0.717) is 0 Å². The first kappa shape index (κ1) is 9.16. The smallest absolute Gasteiger partial charge is 0.120 e. The number of hydrogen-bond donors (Lipinski definition) is 1. The van der Waals surface area contributed by atoms with Gasteiger partial charge < -0.3 is 5.73 Å². The lowest BCUT2D eigenvalue weighted by Gasteiger charge is -2.04. The largest absolute Gasteiger partial charge is 0.323 e. The van der Waals surface area contributed by atoms with Crippen LogP contribution < -0.4 is 5.73 Å². The van der Waals surface area contributed by atoms with Gasteiger partial charge in [0, 0.05) is 6.04 Å². The summed E-state index contributed by atoms with van der Waals surface area (Å²) in [5, 5.41) is 0. The molecule has 1 atom stereocenters. The molecule has 0 aliphatic heterocycles. The summed E-state index contributed by atoms with van der Waals surface area (Å²) < 4.78 is 1.74. The number of rotatable bonds is 1. The molecular weight excluding hydrogens is 272 g/mol. The van der Waals surface area contributed by atoms with Crippen LogP contribution in [0.3, 0.4) is 0 Å². The van der Waals surface area contributed by atoms with Gasteiger partial charge in [-0.2, -0.15) is 0 Å². The van der Waals surface area contributed by atoms with Gasteiger partial charge in [0.2, 0.25) is 0 Å². The summed E-state index contributed by atoms with van der Waals surface area (Å²) in [6.07, 6.45) is 0. The molecule has 1 rings (SSSR count). The van der Waals surface area contributed by atoms with E-state index in [4.69, 9.17) is 5.73 Å². The molecule has 11 heavy (non-hydrogen) atoms. The van der Waals surface area contributed by atoms with Gasteiger partial charge in [0.25, 0.3) is 0 Å². The van der Waals surface area contributed by atoms with Crippen molar-refractivity contribution in [3.8, 4) is 0 Å². The molecule has 0 unspecified atom stereocenters. The summed E-state index contributed by atoms with van der Waals surface area (Å²) in [6.45, 7) is 1.91. The lowest BCUT2D eigenvalue weighted by Crippen LogP contribution is -2.07. The minimum absolute atomic E-state index is 0.0144. The Hall–Kier alpha value is 0.0700. The Balaban J connectivity index is 3.05. The second kappa shape index (κ2) is 3.65. The number of aromatic nitrogens is 1. The summed E-state index contributed by atoms with van der Waals surface area (Å²) in [7, 11) is 0. The molecule has 0 fully saturated rings. The maximum Gasteiger partial charge on any atom is 0.120 e. The van der Waals surface area contributed by atoms with E-state index in [1.54, 1.807) is 0 Å². The second-order valence-electron chi connectivity index (χ2n) is 2.30. The first-order valence-corrected chi connectivity index (χ1v) is 4.77. The highest BCUT2D eigenvalue weighted by atomic mass is 79.9. The normalized spacial score (nSPS) is 13.1. The predicted octanol–water partition coefficient (Wildman–Crippen LogP) is 2.63. The zero-order valence-corrected chi connectivity index (χ0v) is 9.18. The third kappa shape index (κ3) is 2.25. The van der Waals surface area contributed by atoms with Crippen molar-refractivity contribution in [3.63, 3.8) is 0 Å². The molecule has 0 aromatic carbocycles. The summed E-state index contributed by atoms with van der Waals surface area (Å²) in [6, 6.07) is 3.81. The zero-order chi connectivity index (χ0) is 8.43. The van der Waals surface area contributed by atoms with Crippen molar-refractivity contribution in [2.24, 2.45) is 5.73 Å². The Morgan fingerprint density at radius 1 is 1.45 bits per heavy atom. The lowest BCUT2D eigenvalue weighted by molar-refractivity contribution is 0.776. The Kier molecular flexibility index (Phi) is 3.04. The Labute approximate surface area is 82.5 Å². The minimum atomic E-state index is -0.0144. The highest BCUT2D eigenvalue weighted by Crippen LogP contribution is 2.21. The summed E-state index contributed by atoms with van der Waals surface area (Å²) in [5.41, 5.74) is 6.52. The van der Waals surface area contributed by atoms with Gasteiger partial charge in [-0.05, 0) is 50.9 Å². The van der Waals surface area contributed by atoms with Crippen LogP contribution in [-0.4, -0.2) is 4.98 Å². The van der Waals surface area contributed by atoms with Crippen LogP contribution in [0, 0.1) is 0 Å². The third-order valence-electron chi connectivity index (χ3n) is 1.29. The van der Waals surface area contributed by atoms with Crippen molar-refractivity contribution < 1.29 is 0 Å². The molecule has 1 aromatic heterocycles. The van der Waals surface area contributed by atoms with E-state index in [1.165, 1.54) is 0 Å². The SMILES string of the molecule is C[C@@H](N)c1ccc(Br)c(Br)n1. The quantitative estimate of drug-likeness (QED) is 0.803.